The Morgan fingerprint density at radius 3 is 2.66 bits per heavy atom. The van der Waals surface area contributed by atoms with Crippen LogP contribution in [0, 0.1) is 23.7 Å². The van der Waals surface area contributed by atoms with Crippen LogP contribution in [0.25, 0.3) is 16.7 Å². The molecule has 65 heavy (non-hydrogen) atoms. The van der Waals surface area contributed by atoms with Gasteiger partial charge in [-0.15, -0.1) is 0 Å². The van der Waals surface area contributed by atoms with Crippen LogP contribution in [0.4, 0.5) is 20.3 Å². The number of rotatable bonds is 11. The lowest BCUT2D eigenvalue weighted by atomic mass is 9.85. The third-order valence-corrected chi connectivity index (χ3v) is 14.0. The van der Waals surface area contributed by atoms with E-state index in [1.165, 1.54) is 21.5 Å². The Labute approximate surface area is 373 Å². The number of nitrogens with one attached hydrogen (secondary N) is 2. The average Bonchev–Trinajstić information content (AvgIpc) is 4.15. The number of hydrogen-bond donors (Lipinski definition) is 2. The van der Waals surface area contributed by atoms with Crippen molar-refractivity contribution in [3.8, 4) is 11.8 Å². The Kier molecular flexibility index (Phi) is 11.7. The number of halogens is 2. The van der Waals surface area contributed by atoms with Crippen LogP contribution < -0.4 is 21.2 Å². The molecule has 4 aromatic heterocycles. The third-order valence-electron chi connectivity index (χ3n) is 14.0. The number of anilines is 2. The zero-order chi connectivity index (χ0) is 44.9. The molecule has 4 saturated heterocycles. The van der Waals surface area contributed by atoms with E-state index < -0.39 is 30.0 Å². The lowest BCUT2D eigenvalue weighted by Crippen LogP contribution is -2.45. The molecule has 0 radical (unpaired) electrons. The van der Waals surface area contributed by atoms with Crippen LogP contribution in [0.5, 0.6) is 0 Å². The molecule has 1 unspecified atom stereocenters. The summed E-state index contributed by atoms with van der Waals surface area (Å²) in [4.78, 5) is 61.0. The van der Waals surface area contributed by atoms with Crippen LogP contribution >= 0.6 is 0 Å². The van der Waals surface area contributed by atoms with Gasteiger partial charge < -0.3 is 24.6 Å². The first kappa shape index (κ1) is 43.0. The second-order valence-electron chi connectivity index (χ2n) is 18.2. The fourth-order valence-corrected chi connectivity index (χ4v) is 10.7. The summed E-state index contributed by atoms with van der Waals surface area (Å²) in [6.07, 6.45) is 7.78. The second-order valence-corrected chi connectivity index (χ2v) is 18.2. The van der Waals surface area contributed by atoms with Gasteiger partial charge in [-0.3, -0.25) is 33.5 Å². The molecule has 4 aliphatic heterocycles. The Balaban J connectivity index is 0.715. The number of imide groups is 1. The first-order valence-electron chi connectivity index (χ1n) is 22.8. The highest BCUT2D eigenvalue weighted by Gasteiger charge is 2.40. The number of carbonyl (C=O) groups excluding carboxylic acids is 3. The van der Waals surface area contributed by atoms with Crippen LogP contribution in [0.15, 0.2) is 47.7 Å². The number of imidazole rings is 1. The molecular weight excluding hydrogens is 841 g/mol. The fourth-order valence-electron chi connectivity index (χ4n) is 10.7. The lowest BCUT2D eigenvalue weighted by molar-refractivity contribution is -0.135. The molecule has 0 spiro atoms. The van der Waals surface area contributed by atoms with Gasteiger partial charge in [0, 0.05) is 51.5 Å². The zero-order valence-electron chi connectivity index (χ0n) is 36.5. The molecule has 1 aromatic carbocycles. The van der Waals surface area contributed by atoms with Crippen LogP contribution in [-0.2, 0) is 25.6 Å². The van der Waals surface area contributed by atoms with E-state index in [1.807, 2.05) is 31.2 Å². The van der Waals surface area contributed by atoms with Gasteiger partial charge in [0.25, 0.3) is 12.3 Å². The number of alkyl halides is 2. The van der Waals surface area contributed by atoms with Crippen molar-refractivity contribution in [2.75, 3.05) is 49.6 Å². The molecule has 8 heterocycles. The number of piperidine rings is 2. The summed E-state index contributed by atoms with van der Waals surface area (Å²) in [7, 11) is 0. The van der Waals surface area contributed by atoms with Gasteiger partial charge in [-0.2, -0.15) is 10.2 Å². The minimum absolute atomic E-state index is 0.0109. The normalized spacial score (nSPS) is 26.0. The Hall–Kier alpha value is -5.97. The first-order valence-corrected chi connectivity index (χ1v) is 22.8. The predicted molar refractivity (Wildman–Crippen MR) is 235 cm³/mol. The maximum absolute atomic E-state index is 14.3. The number of amides is 3. The largest absolute Gasteiger partial charge is 0.374 e. The molecule has 2 bridgehead atoms. The number of para-hydroxylation sites is 1. The van der Waals surface area contributed by atoms with E-state index in [0.717, 1.165) is 70.5 Å². The van der Waals surface area contributed by atoms with Crippen molar-refractivity contribution in [2.24, 2.45) is 11.8 Å². The zero-order valence-corrected chi connectivity index (χ0v) is 36.5. The summed E-state index contributed by atoms with van der Waals surface area (Å²) in [6, 6.07) is 6.78. The van der Waals surface area contributed by atoms with Crippen molar-refractivity contribution in [3.63, 3.8) is 0 Å². The molecule has 5 aromatic rings. The smallest absolute Gasteiger partial charge is 0.329 e. The topological polar surface area (TPSA) is 175 Å². The molecule has 342 valence electrons. The van der Waals surface area contributed by atoms with Crippen LogP contribution in [0.1, 0.15) is 105 Å². The number of carbonyl (C=O) groups is 3. The minimum atomic E-state index is -2.87. The van der Waals surface area contributed by atoms with Gasteiger partial charge >= 0.3 is 5.69 Å². The number of nitrogens with zero attached hydrogens (tertiary/aromatic N) is 9. The molecule has 1 aliphatic carbocycles. The van der Waals surface area contributed by atoms with Gasteiger partial charge in [0.15, 0.2) is 11.3 Å². The highest BCUT2D eigenvalue weighted by atomic mass is 19.3. The van der Waals surface area contributed by atoms with E-state index in [2.05, 4.69) is 49.4 Å². The van der Waals surface area contributed by atoms with E-state index >= 15 is 0 Å². The summed E-state index contributed by atoms with van der Waals surface area (Å²) in [6.45, 7) is 8.84. The van der Waals surface area contributed by atoms with Gasteiger partial charge in [0.05, 0.1) is 59.4 Å². The molecular formula is C46H53F2N11O6. The van der Waals surface area contributed by atoms with E-state index in [9.17, 15) is 28.0 Å². The Morgan fingerprint density at radius 1 is 1.08 bits per heavy atom. The molecule has 5 atom stereocenters. The number of aryl methyl sites for hydroxylation is 1. The number of hydrogen-bond acceptors (Lipinski definition) is 11. The Bertz CT molecular complexity index is 2760. The summed E-state index contributed by atoms with van der Waals surface area (Å²) in [5.74, 6) is 6.49. The van der Waals surface area contributed by atoms with Gasteiger partial charge in [-0.25, -0.2) is 23.1 Å². The monoisotopic (exact) mass is 893 g/mol. The number of morpholine rings is 1. The van der Waals surface area contributed by atoms with Crippen LogP contribution in [0.2, 0.25) is 0 Å². The van der Waals surface area contributed by atoms with Crippen molar-refractivity contribution in [1.29, 1.82) is 0 Å². The lowest BCUT2D eigenvalue weighted by Gasteiger charge is -2.39. The Morgan fingerprint density at radius 2 is 1.92 bits per heavy atom. The van der Waals surface area contributed by atoms with Crippen LogP contribution in [-0.4, -0.2) is 114 Å². The number of fused-ring (bicyclic) bond motifs is 4. The van der Waals surface area contributed by atoms with Gasteiger partial charge in [0.1, 0.15) is 24.0 Å². The highest BCUT2D eigenvalue weighted by Crippen LogP contribution is 2.37. The maximum Gasteiger partial charge on any atom is 0.329 e. The molecule has 5 fully saturated rings. The van der Waals surface area contributed by atoms with Crippen LogP contribution in [0.3, 0.4) is 0 Å². The van der Waals surface area contributed by atoms with E-state index in [-0.39, 0.29) is 72.5 Å². The highest BCUT2D eigenvalue weighted by molar-refractivity contribution is 6.08. The third kappa shape index (κ3) is 8.31. The van der Waals surface area contributed by atoms with Gasteiger partial charge in [-0.05, 0) is 81.9 Å². The average molecular weight is 894 g/mol. The SMILES string of the molecule is CCn1c(=O)n(C2CCC(=O)NC2=O)c2cccc(C#CCO[C@H]3CCN(CC4CCC(n5cc(NC(=O)c6cnn7ccc(N8C[C@H]9C[C@@H]8CO9)nc67)c(C(F)F)n5)CC4)C[C@@H]3C)c21. The van der Waals surface area contributed by atoms with Crippen molar-refractivity contribution < 1.29 is 32.6 Å². The van der Waals surface area contributed by atoms with Gasteiger partial charge in [0.2, 0.25) is 11.8 Å². The minimum Gasteiger partial charge on any atom is -0.374 e. The summed E-state index contributed by atoms with van der Waals surface area (Å²) in [5.41, 5.74) is 1.72. The predicted octanol–water partition coefficient (Wildman–Crippen LogP) is 4.72. The van der Waals surface area contributed by atoms with Crippen molar-refractivity contribution in [1.82, 2.24) is 43.7 Å². The van der Waals surface area contributed by atoms with Crippen molar-refractivity contribution >= 4 is 45.9 Å². The quantitative estimate of drug-likeness (QED) is 0.139. The molecule has 19 heteroatoms. The molecule has 10 rings (SSSR count). The van der Waals surface area contributed by atoms with E-state index in [1.54, 1.807) is 15.4 Å². The number of likely N-dealkylation sites (tertiary alicyclic amines) is 1. The first-order chi connectivity index (χ1) is 31.5. The maximum atomic E-state index is 14.3. The standard InChI is InChI=1S/C46H53F2N11O6/c1-3-55-41-29(6-4-8-35(41)59(46(55)63)36-13-14-39(60)52-45(36)62)7-5-19-64-37-15-17-54(22-27(37)2)23-28-9-11-30(12-10-28)58-25-34(40(53-58)42(47)48)50-44(61)33-21-49-57-18-16-38(51-43(33)57)56-24-32-20-31(56)26-65-32/h4,6,8,16,18,21,25,27-28,30-32,36-37,42H,3,9-15,17,19-20,22-24,26H2,1-2H3,(H,50,61)(H,52,60,62)/t27-,28?,30?,31+,32+,36?,37-/m0/s1. The number of ether oxygens (including phenoxy) is 2. The molecule has 3 amide bonds. The van der Waals surface area contributed by atoms with Crippen molar-refractivity contribution in [2.45, 2.75) is 109 Å². The molecule has 5 aliphatic rings. The molecule has 1 saturated carbocycles. The molecule has 2 N–H and O–H groups in total. The van der Waals surface area contributed by atoms with E-state index in [4.69, 9.17) is 14.5 Å². The van der Waals surface area contributed by atoms with E-state index in [0.29, 0.717) is 41.3 Å². The number of aromatic nitrogens is 7. The molecule has 17 nitrogen and oxygen atoms in total. The second kappa shape index (κ2) is 17.8. The summed E-state index contributed by atoms with van der Waals surface area (Å²) < 4.78 is 46.9. The number of benzene rings is 1. The fraction of sp³-hybridized carbons (Fsp3) is 0.543. The summed E-state index contributed by atoms with van der Waals surface area (Å²) in [5, 5.41) is 13.6. The van der Waals surface area contributed by atoms with Gasteiger partial charge in [-0.1, -0.05) is 24.8 Å². The summed E-state index contributed by atoms with van der Waals surface area (Å²) >= 11 is 0. The van der Waals surface area contributed by atoms with Crippen molar-refractivity contribution in [3.05, 3.63) is 70.2 Å².